The van der Waals surface area contributed by atoms with Crippen LogP contribution in [0.3, 0.4) is 0 Å². The van der Waals surface area contributed by atoms with Crippen LogP contribution in [0.15, 0.2) is 12.2 Å². The topological polar surface area (TPSA) is 29.5 Å². The molecule has 1 heterocycles. The molecule has 1 fully saturated rings. The molecule has 0 saturated carbocycles. The molecule has 0 unspecified atom stereocenters. The van der Waals surface area contributed by atoms with Crippen LogP contribution in [0, 0.1) is 5.92 Å². The zero-order valence-electron chi connectivity index (χ0n) is 9.55. The summed E-state index contributed by atoms with van der Waals surface area (Å²) in [5.41, 5.74) is -4.20. The lowest BCUT2D eigenvalue weighted by Gasteiger charge is -2.45. The number of carbonyl (C=O) groups excluding carboxylic acids is 1. The van der Waals surface area contributed by atoms with Crippen LogP contribution in [0.25, 0.3) is 0 Å². The van der Waals surface area contributed by atoms with Crippen molar-refractivity contribution in [2.45, 2.75) is 30.4 Å². The summed E-state index contributed by atoms with van der Waals surface area (Å²) in [7, 11) is 0.746. The molecule has 0 aromatic carbocycles. The van der Waals surface area contributed by atoms with E-state index in [0.717, 1.165) is 19.3 Å². The number of fused-ring (bicyclic) bond motifs is 2. The van der Waals surface area contributed by atoms with E-state index in [-0.39, 0.29) is 4.90 Å². The van der Waals surface area contributed by atoms with Gasteiger partial charge in [-0.05, 0) is 6.42 Å². The van der Waals surface area contributed by atoms with Gasteiger partial charge in [0.15, 0.2) is 0 Å². The lowest BCUT2D eigenvalue weighted by Crippen LogP contribution is -2.70. The highest BCUT2D eigenvalue weighted by atomic mass is 19.4. The minimum Gasteiger partial charge on any atom is -0.453 e. The number of methoxy groups -OCH3 is 1. The van der Waals surface area contributed by atoms with E-state index in [4.69, 9.17) is 0 Å². The Labute approximate surface area is 103 Å². The molecular formula is C10H9F6NO2. The zero-order valence-corrected chi connectivity index (χ0v) is 9.55. The van der Waals surface area contributed by atoms with Gasteiger partial charge in [0.1, 0.15) is 0 Å². The number of alkyl halides is 6. The number of hydrogen-bond acceptors (Lipinski definition) is 2. The molecule has 2 bridgehead atoms. The molecule has 2 rings (SSSR count). The van der Waals surface area contributed by atoms with Crippen molar-refractivity contribution in [1.29, 1.82) is 0 Å². The first kappa shape index (κ1) is 14.0. The Balaban J connectivity index is 2.64. The summed E-state index contributed by atoms with van der Waals surface area (Å²) in [4.78, 5) is 11.1. The van der Waals surface area contributed by atoms with Crippen LogP contribution in [0.2, 0.25) is 0 Å². The highest BCUT2D eigenvalue weighted by Gasteiger charge is 2.82. The van der Waals surface area contributed by atoms with Crippen LogP contribution >= 0.6 is 0 Å². The van der Waals surface area contributed by atoms with Gasteiger partial charge in [0.05, 0.1) is 13.2 Å². The quantitative estimate of drug-likeness (QED) is 0.507. The van der Waals surface area contributed by atoms with Crippen LogP contribution in [0.5, 0.6) is 0 Å². The van der Waals surface area contributed by atoms with Gasteiger partial charge in [-0.25, -0.2) is 4.79 Å². The maximum atomic E-state index is 13.1. The maximum absolute atomic E-state index is 13.1. The number of carbonyl (C=O) groups is 1. The van der Waals surface area contributed by atoms with Crippen molar-refractivity contribution < 1.29 is 35.9 Å². The van der Waals surface area contributed by atoms with Crippen LogP contribution < -0.4 is 0 Å². The predicted molar refractivity (Wildman–Crippen MR) is 50.1 cm³/mol. The van der Waals surface area contributed by atoms with Crippen molar-refractivity contribution in [3.63, 3.8) is 0 Å². The molecule has 0 aromatic rings. The van der Waals surface area contributed by atoms with Crippen molar-refractivity contribution in [2.24, 2.45) is 5.92 Å². The molecule has 0 spiro atoms. The van der Waals surface area contributed by atoms with E-state index in [1.807, 2.05) is 0 Å². The fraction of sp³-hybridized carbons (Fsp3) is 0.700. The summed E-state index contributed by atoms with van der Waals surface area (Å²) in [5.74, 6) is -1.84. The van der Waals surface area contributed by atoms with Gasteiger partial charge in [0.2, 0.25) is 5.54 Å². The SMILES string of the molecule is COC(=O)N1[C@@H]2C=C[C@@H](C2)C1(C(F)(F)F)C(F)(F)F. The van der Waals surface area contributed by atoms with E-state index in [1.165, 1.54) is 0 Å². The number of ether oxygens (including phenoxy) is 1. The number of amides is 1. The molecule has 0 N–H and O–H groups in total. The third-order valence-electron chi connectivity index (χ3n) is 3.54. The first-order valence-electron chi connectivity index (χ1n) is 5.26. The summed E-state index contributed by atoms with van der Waals surface area (Å²) in [6, 6.07) is -1.25. The van der Waals surface area contributed by atoms with Gasteiger partial charge in [-0.3, -0.25) is 4.90 Å². The average Bonchev–Trinajstić information content (AvgIpc) is 2.83. The van der Waals surface area contributed by atoms with Crippen LogP contribution in [-0.4, -0.2) is 42.0 Å². The molecule has 1 aliphatic heterocycles. The van der Waals surface area contributed by atoms with E-state index in [1.54, 1.807) is 0 Å². The Bertz CT molecular complexity index is 413. The second kappa shape index (κ2) is 3.80. The normalized spacial score (nSPS) is 28.9. The molecule has 2 atom stereocenters. The molecule has 1 saturated heterocycles. The predicted octanol–water partition coefficient (Wildman–Crippen LogP) is 2.88. The van der Waals surface area contributed by atoms with Gasteiger partial charge in [0.25, 0.3) is 0 Å². The molecule has 1 aliphatic carbocycles. The summed E-state index contributed by atoms with van der Waals surface area (Å²) < 4.78 is 82.8. The molecule has 108 valence electrons. The molecule has 3 nitrogen and oxygen atoms in total. The molecule has 19 heavy (non-hydrogen) atoms. The number of hydrogen-bond donors (Lipinski definition) is 0. The van der Waals surface area contributed by atoms with Crippen molar-refractivity contribution in [3.8, 4) is 0 Å². The van der Waals surface area contributed by atoms with Crippen molar-refractivity contribution >= 4 is 6.09 Å². The van der Waals surface area contributed by atoms with Crippen LogP contribution in [0.1, 0.15) is 6.42 Å². The Morgan fingerprint density at radius 2 is 1.74 bits per heavy atom. The second-order valence-electron chi connectivity index (χ2n) is 4.40. The minimum absolute atomic E-state index is 0.238. The number of halogens is 6. The van der Waals surface area contributed by atoms with Crippen molar-refractivity contribution in [2.75, 3.05) is 7.11 Å². The molecular weight excluding hydrogens is 280 g/mol. The maximum Gasteiger partial charge on any atom is 0.421 e. The summed E-state index contributed by atoms with van der Waals surface area (Å²) >= 11 is 0. The molecule has 9 heteroatoms. The standard InChI is InChI=1S/C10H9F6NO2/c1-19-7(18)17-6-3-2-5(4-6)8(17,9(11,12)13)10(14,15)16/h2-3,5-6H,4H2,1H3/t5-,6+/m0/s1. The summed E-state index contributed by atoms with van der Waals surface area (Å²) in [6.07, 6.45) is -11.3. The fourth-order valence-electron chi connectivity index (χ4n) is 2.85. The third kappa shape index (κ3) is 1.56. The van der Waals surface area contributed by atoms with E-state index in [9.17, 15) is 31.1 Å². The number of likely N-dealkylation sites (tertiary alicyclic amines) is 1. The van der Waals surface area contributed by atoms with Gasteiger partial charge >= 0.3 is 18.4 Å². The summed E-state index contributed by atoms with van der Waals surface area (Å²) in [6.45, 7) is 0. The van der Waals surface area contributed by atoms with E-state index in [0.29, 0.717) is 0 Å². The first-order valence-corrected chi connectivity index (χ1v) is 5.26. The lowest BCUT2D eigenvalue weighted by atomic mass is 9.83. The molecule has 2 aliphatic rings. The summed E-state index contributed by atoms with van der Waals surface area (Å²) in [5, 5.41) is 0. The second-order valence-corrected chi connectivity index (χ2v) is 4.40. The Kier molecular flexibility index (Phi) is 2.80. The average molecular weight is 289 g/mol. The number of nitrogens with zero attached hydrogens (tertiary/aromatic N) is 1. The third-order valence-corrected chi connectivity index (χ3v) is 3.54. The Morgan fingerprint density at radius 1 is 1.21 bits per heavy atom. The van der Waals surface area contributed by atoms with Gasteiger partial charge in [-0.2, -0.15) is 26.3 Å². The highest BCUT2D eigenvalue weighted by molar-refractivity contribution is 5.71. The van der Waals surface area contributed by atoms with Crippen molar-refractivity contribution in [3.05, 3.63) is 12.2 Å². The van der Waals surface area contributed by atoms with Crippen LogP contribution in [-0.2, 0) is 4.74 Å². The first-order chi connectivity index (χ1) is 8.57. The molecule has 1 amide bonds. The molecule has 0 radical (unpaired) electrons. The van der Waals surface area contributed by atoms with Gasteiger partial charge in [0, 0.05) is 5.92 Å². The Hall–Kier alpha value is -1.41. The van der Waals surface area contributed by atoms with Crippen LogP contribution in [0.4, 0.5) is 31.1 Å². The van der Waals surface area contributed by atoms with Gasteiger partial charge in [-0.1, -0.05) is 12.2 Å². The molecule has 0 aromatic heterocycles. The smallest absolute Gasteiger partial charge is 0.421 e. The fourth-order valence-corrected chi connectivity index (χ4v) is 2.85. The van der Waals surface area contributed by atoms with E-state index in [2.05, 4.69) is 4.74 Å². The monoisotopic (exact) mass is 289 g/mol. The largest absolute Gasteiger partial charge is 0.453 e. The number of rotatable bonds is 0. The van der Waals surface area contributed by atoms with Gasteiger partial charge in [-0.15, -0.1) is 0 Å². The highest BCUT2D eigenvalue weighted by Crippen LogP contribution is 2.60. The van der Waals surface area contributed by atoms with Gasteiger partial charge < -0.3 is 4.74 Å². The zero-order chi connectivity index (χ0) is 14.6. The van der Waals surface area contributed by atoms with E-state index < -0.39 is 42.4 Å². The Morgan fingerprint density at radius 3 is 2.16 bits per heavy atom. The lowest BCUT2D eigenvalue weighted by molar-refractivity contribution is -0.337. The van der Waals surface area contributed by atoms with E-state index >= 15 is 0 Å². The van der Waals surface area contributed by atoms with Crippen molar-refractivity contribution in [1.82, 2.24) is 4.90 Å². The minimum atomic E-state index is -5.64.